The topological polar surface area (TPSA) is 92.3 Å². The van der Waals surface area contributed by atoms with E-state index in [4.69, 9.17) is 16.3 Å². The average molecular weight is 432 g/mol. The molecule has 0 unspecified atom stereocenters. The number of pyridine rings is 1. The van der Waals surface area contributed by atoms with Crippen LogP contribution < -0.4 is 10.2 Å². The van der Waals surface area contributed by atoms with E-state index in [0.29, 0.717) is 28.8 Å². The van der Waals surface area contributed by atoms with E-state index in [1.807, 2.05) is 48.5 Å². The quantitative estimate of drug-likeness (QED) is 0.333. The number of benzene rings is 2. The zero-order chi connectivity index (χ0) is 21.5. The fourth-order valence-corrected chi connectivity index (χ4v) is 2.95. The molecule has 7 nitrogen and oxygen atoms in total. The molecule has 0 fully saturated rings. The minimum absolute atomic E-state index is 0.306. The van der Waals surface area contributed by atoms with Crippen molar-refractivity contribution < 1.29 is 9.53 Å². The first-order valence-corrected chi connectivity index (χ1v) is 9.82. The summed E-state index contributed by atoms with van der Waals surface area (Å²) in [6, 6.07) is 20.2. The molecule has 2 aromatic carbocycles. The van der Waals surface area contributed by atoms with Gasteiger partial charge in [0.25, 0.3) is 5.91 Å². The van der Waals surface area contributed by atoms with Gasteiger partial charge in [0.05, 0.1) is 11.9 Å². The van der Waals surface area contributed by atoms with Crippen molar-refractivity contribution in [3.05, 3.63) is 101 Å². The number of aromatic amines is 1. The van der Waals surface area contributed by atoms with Crippen LogP contribution in [0.1, 0.15) is 21.6 Å². The van der Waals surface area contributed by atoms with Gasteiger partial charge in [-0.15, -0.1) is 0 Å². The number of hydrazone groups is 1. The van der Waals surface area contributed by atoms with Crippen molar-refractivity contribution in [2.24, 2.45) is 5.10 Å². The molecule has 0 atom stereocenters. The lowest BCUT2D eigenvalue weighted by Crippen LogP contribution is -2.17. The number of nitrogens with one attached hydrogen (secondary N) is 2. The number of H-pyrrole nitrogens is 1. The highest BCUT2D eigenvalue weighted by Crippen LogP contribution is 2.23. The first kappa shape index (κ1) is 20.3. The van der Waals surface area contributed by atoms with Crippen molar-refractivity contribution in [3.8, 4) is 17.0 Å². The van der Waals surface area contributed by atoms with E-state index in [0.717, 1.165) is 16.7 Å². The highest BCUT2D eigenvalue weighted by Gasteiger charge is 2.10. The standard InChI is InChI=1S/C23H18ClN5O2/c24-20-4-2-1-3-18(20)15-31-19-7-5-17(6-8-19)21-13-22(28-27-21)23(30)29-26-14-16-9-11-25-12-10-16/h1-14H,15H2,(H,27,28)(H,29,30). The summed E-state index contributed by atoms with van der Waals surface area (Å²) in [5.74, 6) is 0.325. The molecule has 0 spiro atoms. The third-order valence-electron chi connectivity index (χ3n) is 4.41. The normalized spacial score (nSPS) is 10.9. The van der Waals surface area contributed by atoms with Gasteiger partial charge < -0.3 is 4.74 Å². The van der Waals surface area contributed by atoms with Crippen molar-refractivity contribution in [1.82, 2.24) is 20.6 Å². The van der Waals surface area contributed by atoms with Crippen molar-refractivity contribution in [3.63, 3.8) is 0 Å². The summed E-state index contributed by atoms with van der Waals surface area (Å²) in [4.78, 5) is 16.2. The van der Waals surface area contributed by atoms with Gasteiger partial charge in [-0.2, -0.15) is 10.2 Å². The van der Waals surface area contributed by atoms with E-state index in [-0.39, 0.29) is 5.91 Å². The number of rotatable bonds is 7. The Bertz CT molecular complexity index is 1190. The molecule has 0 aliphatic rings. The summed E-state index contributed by atoms with van der Waals surface area (Å²) in [7, 11) is 0. The number of carbonyl (C=O) groups excluding carboxylic acids is 1. The summed E-state index contributed by atoms with van der Waals surface area (Å²) >= 11 is 6.15. The number of amides is 1. The summed E-state index contributed by atoms with van der Waals surface area (Å²) < 4.78 is 5.79. The first-order chi connectivity index (χ1) is 15.2. The predicted octanol–water partition coefficient (Wildman–Crippen LogP) is 4.47. The molecule has 0 bridgehead atoms. The van der Waals surface area contributed by atoms with Crippen LogP contribution in [0.4, 0.5) is 0 Å². The Morgan fingerprint density at radius 3 is 2.65 bits per heavy atom. The highest BCUT2D eigenvalue weighted by molar-refractivity contribution is 6.31. The van der Waals surface area contributed by atoms with Crippen LogP contribution in [0.5, 0.6) is 5.75 Å². The maximum absolute atomic E-state index is 12.2. The van der Waals surface area contributed by atoms with Crippen LogP contribution in [-0.2, 0) is 6.61 Å². The van der Waals surface area contributed by atoms with Crippen molar-refractivity contribution >= 4 is 23.7 Å². The molecule has 0 saturated heterocycles. The zero-order valence-electron chi connectivity index (χ0n) is 16.3. The molecule has 0 saturated carbocycles. The van der Waals surface area contributed by atoms with Crippen LogP contribution in [0.2, 0.25) is 5.02 Å². The third-order valence-corrected chi connectivity index (χ3v) is 4.78. The fraction of sp³-hybridized carbons (Fsp3) is 0.0435. The van der Waals surface area contributed by atoms with Crippen LogP contribution in [0.15, 0.2) is 84.2 Å². The lowest BCUT2D eigenvalue weighted by Gasteiger charge is -2.08. The van der Waals surface area contributed by atoms with Gasteiger partial charge in [0.2, 0.25) is 0 Å². The van der Waals surface area contributed by atoms with E-state index in [1.54, 1.807) is 30.6 Å². The van der Waals surface area contributed by atoms with Crippen molar-refractivity contribution in [1.29, 1.82) is 0 Å². The second-order valence-electron chi connectivity index (χ2n) is 6.55. The van der Waals surface area contributed by atoms with Crippen LogP contribution in [0.3, 0.4) is 0 Å². The summed E-state index contributed by atoms with van der Waals surface area (Å²) in [6.45, 7) is 0.381. The molecule has 0 aliphatic carbocycles. The smallest absolute Gasteiger partial charge is 0.289 e. The van der Waals surface area contributed by atoms with E-state index < -0.39 is 0 Å². The third kappa shape index (κ3) is 5.34. The monoisotopic (exact) mass is 431 g/mol. The van der Waals surface area contributed by atoms with Crippen molar-refractivity contribution in [2.75, 3.05) is 0 Å². The van der Waals surface area contributed by atoms with Crippen LogP contribution in [-0.4, -0.2) is 27.3 Å². The molecule has 31 heavy (non-hydrogen) atoms. The van der Waals surface area contributed by atoms with E-state index in [1.165, 1.54) is 6.21 Å². The largest absolute Gasteiger partial charge is 0.489 e. The Morgan fingerprint density at radius 1 is 1.10 bits per heavy atom. The lowest BCUT2D eigenvalue weighted by molar-refractivity contribution is 0.0950. The van der Waals surface area contributed by atoms with Gasteiger partial charge in [-0.1, -0.05) is 29.8 Å². The minimum Gasteiger partial charge on any atom is -0.489 e. The van der Waals surface area contributed by atoms with Gasteiger partial charge in [0, 0.05) is 28.5 Å². The Morgan fingerprint density at radius 2 is 1.87 bits per heavy atom. The van der Waals surface area contributed by atoms with Gasteiger partial charge in [-0.25, -0.2) is 5.43 Å². The van der Waals surface area contributed by atoms with Gasteiger partial charge >= 0.3 is 0 Å². The molecule has 2 aromatic heterocycles. The Hall–Kier alpha value is -3.97. The number of halogens is 1. The van der Waals surface area contributed by atoms with Crippen LogP contribution in [0.25, 0.3) is 11.3 Å². The minimum atomic E-state index is -0.385. The van der Waals surface area contributed by atoms with Crippen molar-refractivity contribution in [2.45, 2.75) is 6.61 Å². The molecule has 154 valence electrons. The Kier molecular flexibility index (Phi) is 6.35. The maximum atomic E-state index is 12.2. The van der Waals surface area contributed by atoms with Gasteiger partial charge in [-0.3, -0.25) is 14.9 Å². The van der Waals surface area contributed by atoms with Gasteiger partial charge in [-0.05, 0) is 54.1 Å². The molecule has 2 N–H and O–H groups in total. The number of hydrogen-bond acceptors (Lipinski definition) is 5. The number of ether oxygens (including phenoxy) is 1. The molecule has 2 heterocycles. The predicted molar refractivity (Wildman–Crippen MR) is 119 cm³/mol. The Labute approximate surface area is 183 Å². The molecule has 4 rings (SSSR count). The summed E-state index contributed by atoms with van der Waals surface area (Å²) in [5.41, 5.74) is 6.01. The number of aromatic nitrogens is 3. The lowest BCUT2D eigenvalue weighted by atomic mass is 10.1. The highest BCUT2D eigenvalue weighted by atomic mass is 35.5. The van der Waals surface area contributed by atoms with E-state index in [9.17, 15) is 4.79 Å². The van der Waals surface area contributed by atoms with E-state index in [2.05, 4.69) is 25.7 Å². The fourth-order valence-electron chi connectivity index (χ4n) is 2.76. The van der Waals surface area contributed by atoms with Gasteiger partial charge in [0.1, 0.15) is 18.1 Å². The molecular formula is C23H18ClN5O2. The first-order valence-electron chi connectivity index (χ1n) is 9.44. The second kappa shape index (κ2) is 9.69. The molecule has 0 radical (unpaired) electrons. The molecule has 0 aliphatic heterocycles. The number of hydrogen-bond donors (Lipinski definition) is 2. The number of nitrogens with zero attached hydrogens (tertiary/aromatic N) is 3. The molecule has 8 heteroatoms. The van der Waals surface area contributed by atoms with E-state index >= 15 is 0 Å². The Balaban J connectivity index is 1.35. The second-order valence-corrected chi connectivity index (χ2v) is 6.96. The molecule has 1 amide bonds. The molecule has 4 aromatic rings. The summed E-state index contributed by atoms with van der Waals surface area (Å²) in [5, 5.41) is 11.5. The SMILES string of the molecule is O=C(NN=Cc1ccncc1)c1cc(-c2ccc(OCc3ccccc3Cl)cc2)n[nH]1. The number of carbonyl (C=O) groups is 1. The molecular weight excluding hydrogens is 414 g/mol. The van der Waals surface area contributed by atoms with Crippen LogP contribution in [0, 0.1) is 0 Å². The average Bonchev–Trinajstić information content (AvgIpc) is 3.30. The van der Waals surface area contributed by atoms with Crippen LogP contribution >= 0.6 is 11.6 Å². The maximum Gasteiger partial charge on any atom is 0.289 e. The zero-order valence-corrected chi connectivity index (χ0v) is 17.1. The summed E-state index contributed by atoms with van der Waals surface area (Å²) in [6.07, 6.45) is 4.84. The van der Waals surface area contributed by atoms with Gasteiger partial charge in [0.15, 0.2) is 0 Å².